The molecule has 4 rings (SSSR count). The second-order valence-electron chi connectivity index (χ2n) is 6.88. The molecule has 3 aliphatic heterocycles. The lowest BCUT2D eigenvalue weighted by molar-refractivity contribution is -0.159. The van der Waals surface area contributed by atoms with Crippen molar-refractivity contribution in [3.8, 4) is 17.2 Å². The van der Waals surface area contributed by atoms with E-state index in [1.807, 2.05) is 4.90 Å². The second kappa shape index (κ2) is 6.59. The van der Waals surface area contributed by atoms with E-state index in [1.165, 1.54) is 0 Å². The number of carbonyl (C=O) groups excluding carboxylic acids is 1. The van der Waals surface area contributed by atoms with Crippen molar-refractivity contribution < 1.29 is 28.9 Å². The smallest absolute Gasteiger partial charge is 0.348 e. The molecule has 2 saturated heterocycles. The molecule has 3 heterocycles. The summed E-state index contributed by atoms with van der Waals surface area (Å²) < 4.78 is 16.5. The van der Waals surface area contributed by atoms with Crippen LogP contribution in [-0.2, 0) is 4.79 Å². The van der Waals surface area contributed by atoms with Crippen LogP contribution < -0.4 is 14.2 Å². The molecule has 0 spiro atoms. The molecular formula is C18H22N2O6. The molecule has 0 aliphatic carbocycles. The zero-order valence-electron chi connectivity index (χ0n) is 14.5. The van der Waals surface area contributed by atoms with Gasteiger partial charge in [0.1, 0.15) is 5.75 Å². The lowest BCUT2D eigenvalue weighted by Gasteiger charge is -2.40. The van der Waals surface area contributed by atoms with Crippen LogP contribution in [0.25, 0.3) is 0 Å². The summed E-state index contributed by atoms with van der Waals surface area (Å²) in [7, 11) is 0. The standard InChI is InChI=1S/C18H22N2O6/c21-16(22)18(26-13-3-4-14-15(11-13)25-12-24-14)5-9-20(10-6-18)17(23)19-7-1-2-8-19/h3-4,11H,1-2,5-10,12H2,(H,21,22). The van der Waals surface area contributed by atoms with Crippen LogP contribution in [0.1, 0.15) is 25.7 Å². The maximum atomic E-state index is 12.5. The number of carbonyl (C=O) groups is 2. The van der Waals surface area contributed by atoms with Gasteiger partial charge in [-0.25, -0.2) is 9.59 Å². The number of rotatable bonds is 3. The summed E-state index contributed by atoms with van der Waals surface area (Å²) >= 11 is 0. The highest BCUT2D eigenvalue weighted by Crippen LogP contribution is 2.38. The Labute approximate surface area is 151 Å². The molecule has 8 heteroatoms. The maximum absolute atomic E-state index is 12.5. The zero-order chi connectivity index (χ0) is 18.1. The van der Waals surface area contributed by atoms with Gasteiger partial charge in [0.15, 0.2) is 11.5 Å². The molecule has 1 aromatic carbocycles. The number of hydrogen-bond donors (Lipinski definition) is 1. The molecule has 0 bridgehead atoms. The lowest BCUT2D eigenvalue weighted by Crippen LogP contribution is -2.56. The highest BCUT2D eigenvalue weighted by molar-refractivity contribution is 5.80. The minimum atomic E-state index is -1.34. The van der Waals surface area contributed by atoms with Crippen LogP contribution in [0, 0.1) is 0 Å². The van der Waals surface area contributed by atoms with E-state index >= 15 is 0 Å². The summed E-state index contributed by atoms with van der Waals surface area (Å²) in [4.78, 5) is 28.0. The van der Waals surface area contributed by atoms with Crippen molar-refractivity contribution in [2.75, 3.05) is 33.0 Å². The number of piperidine rings is 1. The van der Waals surface area contributed by atoms with E-state index in [4.69, 9.17) is 14.2 Å². The molecule has 0 saturated carbocycles. The third-order valence-electron chi connectivity index (χ3n) is 5.27. The van der Waals surface area contributed by atoms with Crippen molar-refractivity contribution in [2.24, 2.45) is 0 Å². The van der Waals surface area contributed by atoms with Crippen LogP contribution in [0.5, 0.6) is 17.2 Å². The van der Waals surface area contributed by atoms with Gasteiger partial charge >= 0.3 is 12.0 Å². The number of benzene rings is 1. The number of carboxylic acids is 1. The van der Waals surface area contributed by atoms with Gasteiger partial charge in [0.05, 0.1) is 0 Å². The Morgan fingerprint density at radius 3 is 2.35 bits per heavy atom. The summed E-state index contributed by atoms with van der Waals surface area (Å²) in [6, 6.07) is 5.04. The highest BCUT2D eigenvalue weighted by atomic mass is 16.7. The minimum Gasteiger partial charge on any atom is -0.478 e. The Morgan fingerprint density at radius 2 is 1.65 bits per heavy atom. The quantitative estimate of drug-likeness (QED) is 0.884. The van der Waals surface area contributed by atoms with Crippen molar-refractivity contribution in [2.45, 2.75) is 31.3 Å². The molecule has 0 radical (unpaired) electrons. The Hall–Kier alpha value is -2.64. The van der Waals surface area contributed by atoms with Crippen LogP contribution in [0.15, 0.2) is 18.2 Å². The van der Waals surface area contributed by atoms with Crippen LogP contribution in [-0.4, -0.2) is 65.5 Å². The van der Waals surface area contributed by atoms with E-state index < -0.39 is 11.6 Å². The van der Waals surface area contributed by atoms with Gasteiger partial charge in [-0.15, -0.1) is 0 Å². The van der Waals surface area contributed by atoms with E-state index in [2.05, 4.69) is 0 Å². The first-order valence-electron chi connectivity index (χ1n) is 8.93. The molecule has 26 heavy (non-hydrogen) atoms. The van der Waals surface area contributed by atoms with Crippen molar-refractivity contribution >= 4 is 12.0 Å². The van der Waals surface area contributed by atoms with Gasteiger partial charge in [-0.2, -0.15) is 0 Å². The number of fused-ring (bicyclic) bond motifs is 1. The number of urea groups is 1. The molecular weight excluding hydrogens is 340 g/mol. The average Bonchev–Trinajstić information content (AvgIpc) is 3.33. The van der Waals surface area contributed by atoms with E-state index in [0.29, 0.717) is 30.3 Å². The van der Waals surface area contributed by atoms with Gasteiger partial charge in [0.25, 0.3) is 0 Å². The van der Waals surface area contributed by atoms with Gasteiger partial charge in [0, 0.05) is 45.1 Å². The lowest BCUT2D eigenvalue weighted by atomic mass is 9.91. The SMILES string of the molecule is O=C(N1CCCC1)N1CCC(Oc2ccc3c(c2)OCO3)(C(=O)O)CC1. The van der Waals surface area contributed by atoms with Gasteiger partial charge < -0.3 is 29.1 Å². The Bertz CT molecular complexity index is 708. The van der Waals surface area contributed by atoms with Gasteiger partial charge in [0.2, 0.25) is 12.4 Å². The summed E-state index contributed by atoms with van der Waals surface area (Å²) in [5.74, 6) is 0.580. The molecule has 1 N–H and O–H groups in total. The molecule has 2 fully saturated rings. The molecule has 140 valence electrons. The maximum Gasteiger partial charge on any atom is 0.348 e. The highest BCUT2D eigenvalue weighted by Gasteiger charge is 2.45. The Morgan fingerprint density at radius 1 is 1.00 bits per heavy atom. The first-order chi connectivity index (χ1) is 12.6. The van der Waals surface area contributed by atoms with Crippen LogP contribution in [0.4, 0.5) is 4.79 Å². The van der Waals surface area contributed by atoms with Crippen LogP contribution >= 0.6 is 0 Å². The summed E-state index contributed by atoms with van der Waals surface area (Å²) in [5.41, 5.74) is -1.34. The summed E-state index contributed by atoms with van der Waals surface area (Å²) in [6.07, 6.45) is 2.56. The topological polar surface area (TPSA) is 88.5 Å². The third-order valence-corrected chi connectivity index (χ3v) is 5.27. The zero-order valence-corrected chi connectivity index (χ0v) is 14.5. The number of carboxylic acid groups (broad SMARTS) is 1. The first kappa shape index (κ1) is 16.8. The summed E-state index contributed by atoms with van der Waals surface area (Å²) in [5, 5.41) is 9.79. The molecule has 0 atom stereocenters. The fraction of sp³-hybridized carbons (Fsp3) is 0.556. The van der Waals surface area contributed by atoms with Gasteiger partial charge in [-0.3, -0.25) is 0 Å². The number of likely N-dealkylation sites (tertiary alicyclic amines) is 2. The van der Waals surface area contributed by atoms with E-state index in [-0.39, 0.29) is 25.7 Å². The predicted octanol–water partition coefficient (Wildman–Crippen LogP) is 1.93. The molecule has 2 amide bonds. The largest absolute Gasteiger partial charge is 0.478 e. The molecule has 0 unspecified atom stereocenters. The van der Waals surface area contributed by atoms with Crippen molar-refractivity contribution in [1.29, 1.82) is 0 Å². The first-order valence-corrected chi connectivity index (χ1v) is 8.93. The molecule has 8 nitrogen and oxygen atoms in total. The predicted molar refractivity (Wildman–Crippen MR) is 90.6 cm³/mol. The van der Waals surface area contributed by atoms with Crippen molar-refractivity contribution in [3.63, 3.8) is 0 Å². The van der Waals surface area contributed by atoms with E-state index in [0.717, 1.165) is 25.9 Å². The van der Waals surface area contributed by atoms with Crippen LogP contribution in [0.3, 0.4) is 0 Å². The third kappa shape index (κ3) is 3.00. The number of amides is 2. The van der Waals surface area contributed by atoms with Crippen molar-refractivity contribution in [1.82, 2.24) is 9.80 Å². The minimum absolute atomic E-state index is 0.00423. The number of nitrogens with zero attached hydrogens (tertiary/aromatic N) is 2. The van der Waals surface area contributed by atoms with E-state index in [1.54, 1.807) is 23.1 Å². The fourth-order valence-electron chi connectivity index (χ4n) is 3.69. The molecule has 1 aromatic rings. The van der Waals surface area contributed by atoms with Gasteiger partial charge in [-0.1, -0.05) is 0 Å². The number of ether oxygens (including phenoxy) is 3. The Kier molecular flexibility index (Phi) is 4.26. The van der Waals surface area contributed by atoms with Crippen LogP contribution in [0.2, 0.25) is 0 Å². The summed E-state index contributed by atoms with van der Waals surface area (Å²) in [6.45, 7) is 2.45. The second-order valence-corrected chi connectivity index (χ2v) is 6.88. The Balaban J connectivity index is 1.45. The number of aliphatic carboxylic acids is 1. The average molecular weight is 362 g/mol. The molecule has 0 aromatic heterocycles. The monoisotopic (exact) mass is 362 g/mol. The van der Waals surface area contributed by atoms with Gasteiger partial charge in [-0.05, 0) is 25.0 Å². The molecule has 3 aliphatic rings. The normalized spacial score (nSPS) is 20.9. The van der Waals surface area contributed by atoms with Crippen molar-refractivity contribution in [3.05, 3.63) is 18.2 Å². The number of hydrogen-bond acceptors (Lipinski definition) is 5. The fourth-order valence-corrected chi connectivity index (χ4v) is 3.69. The van der Waals surface area contributed by atoms with E-state index in [9.17, 15) is 14.7 Å².